The van der Waals surface area contributed by atoms with Gasteiger partial charge in [0, 0.05) is 55.4 Å². The fourth-order valence-electron chi connectivity index (χ4n) is 4.46. The quantitative estimate of drug-likeness (QED) is 0.770. The Bertz CT molecular complexity index is 914. The zero-order valence-corrected chi connectivity index (χ0v) is 16.7. The summed E-state index contributed by atoms with van der Waals surface area (Å²) >= 11 is 0. The molecule has 0 unspecified atom stereocenters. The molecule has 4 rings (SSSR count). The molecule has 0 radical (unpaired) electrons. The van der Waals surface area contributed by atoms with Crippen LogP contribution in [0.2, 0.25) is 0 Å². The molecule has 1 saturated heterocycles. The minimum atomic E-state index is 0.151. The molecule has 0 saturated carbocycles. The number of likely N-dealkylation sites (tertiary alicyclic amines) is 1. The molecular formula is C24H28N4O. The van der Waals surface area contributed by atoms with Crippen molar-refractivity contribution >= 4 is 23.4 Å². The third kappa shape index (κ3) is 4.04. The average Bonchev–Trinajstić information content (AvgIpc) is 3.17. The highest BCUT2D eigenvalue weighted by atomic mass is 16.2. The largest absolute Gasteiger partial charge is 0.404 e. The number of carbonyl (C=O) groups is 1. The highest BCUT2D eigenvalue weighted by Crippen LogP contribution is 2.32. The Hall–Kier alpha value is -3.08. The lowest BCUT2D eigenvalue weighted by molar-refractivity contribution is 0.0693. The smallest absolute Gasteiger partial charge is 0.253 e. The first kappa shape index (κ1) is 19.2. The SMILES string of the molecule is N=C/C(=C\N)c1ccc2c(c1)CCN2CC1CCN(C(=O)c2ccccc2)CC1. The Morgan fingerprint density at radius 3 is 2.52 bits per heavy atom. The number of nitrogens with one attached hydrogen (secondary N) is 1. The number of amides is 1. The van der Waals surface area contributed by atoms with Gasteiger partial charge in [-0.3, -0.25) is 4.79 Å². The molecule has 0 spiro atoms. The van der Waals surface area contributed by atoms with E-state index in [-0.39, 0.29) is 5.91 Å². The predicted molar refractivity (Wildman–Crippen MR) is 118 cm³/mol. The van der Waals surface area contributed by atoms with Crippen LogP contribution in [0.3, 0.4) is 0 Å². The van der Waals surface area contributed by atoms with Gasteiger partial charge in [-0.25, -0.2) is 0 Å². The van der Waals surface area contributed by atoms with Crippen LogP contribution in [0.15, 0.2) is 54.7 Å². The van der Waals surface area contributed by atoms with E-state index in [1.807, 2.05) is 35.2 Å². The zero-order valence-electron chi connectivity index (χ0n) is 16.7. The predicted octanol–water partition coefficient (Wildman–Crippen LogP) is 3.55. The molecule has 2 aromatic rings. The summed E-state index contributed by atoms with van der Waals surface area (Å²) < 4.78 is 0. The van der Waals surface area contributed by atoms with Crippen LogP contribution in [-0.2, 0) is 6.42 Å². The van der Waals surface area contributed by atoms with Crippen LogP contribution >= 0.6 is 0 Å². The van der Waals surface area contributed by atoms with Crippen LogP contribution in [0, 0.1) is 11.3 Å². The fourth-order valence-corrected chi connectivity index (χ4v) is 4.46. The van der Waals surface area contributed by atoms with Gasteiger partial charge in [0.2, 0.25) is 0 Å². The molecule has 2 aliphatic rings. The van der Waals surface area contributed by atoms with Crippen molar-refractivity contribution in [3.63, 3.8) is 0 Å². The number of anilines is 1. The molecule has 3 N–H and O–H groups in total. The minimum Gasteiger partial charge on any atom is -0.404 e. The van der Waals surface area contributed by atoms with Gasteiger partial charge in [-0.2, -0.15) is 0 Å². The molecule has 1 amide bonds. The first-order chi connectivity index (χ1) is 14.2. The van der Waals surface area contributed by atoms with Crippen LogP contribution in [0.5, 0.6) is 0 Å². The topological polar surface area (TPSA) is 73.4 Å². The van der Waals surface area contributed by atoms with E-state index in [1.165, 1.54) is 23.7 Å². The second kappa shape index (κ2) is 8.52. The summed E-state index contributed by atoms with van der Waals surface area (Å²) in [5, 5.41) is 7.49. The van der Waals surface area contributed by atoms with E-state index in [0.29, 0.717) is 5.92 Å². The summed E-state index contributed by atoms with van der Waals surface area (Å²) in [5.41, 5.74) is 10.8. The molecule has 5 nitrogen and oxygen atoms in total. The molecule has 150 valence electrons. The van der Waals surface area contributed by atoms with Crippen molar-refractivity contribution in [1.29, 1.82) is 5.41 Å². The van der Waals surface area contributed by atoms with Crippen LogP contribution in [0.25, 0.3) is 5.57 Å². The van der Waals surface area contributed by atoms with Crippen LogP contribution in [0.1, 0.15) is 34.3 Å². The number of nitrogens with two attached hydrogens (primary N) is 1. The maximum Gasteiger partial charge on any atom is 0.253 e. The van der Waals surface area contributed by atoms with Crippen molar-refractivity contribution in [1.82, 2.24) is 4.90 Å². The number of piperidine rings is 1. The number of allylic oxidation sites excluding steroid dienone is 1. The average molecular weight is 389 g/mol. The molecule has 2 heterocycles. The third-order valence-electron chi connectivity index (χ3n) is 6.14. The summed E-state index contributed by atoms with van der Waals surface area (Å²) in [6.07, 6.45) is 5.93. The maximum atomic E-state index is 12.6. The van der Waals surface area contributed by atoms with E-state index in [0.717, 1.165) is 62.1 Å². The lowest BCUT2D eigenvalue weighted by atomic mass is 9.95. The van der Waals surface area contributed by atoms with Crippen LogP contribution in [0.4, 0.5) is 5.69 Å². The molecule has 2 aliphatic heterocycles. The summed E-state index contributed by atoms with van der Waals surface area (Å²) in [6.45, 7) is 3.75. The Balaban J connectivity index is 1.35. The second-order valence-corrected chi connectivity index (χ2v) is 7.91. The van der Waals surface area contributed by atoms with E-state index in [9.17, 15) is 4.79 Å². The van der Waals surface area contributed by atoms with Gasteiger partial charge in [-0.05, 0) is 60.6 Å². The van der Waals surface area contributed by atoms with Crippen molar-refractivity contribution in [2.75, 3.05) is 31.1 Å². The van der Waals surface area contributed by atoms with Gasteiger partial charge in [-0.1, -0.05) is 24.3 Å². The molecule has 0 aromatic heterocycles. The van der Waals surface area contributed by atoms with Gasteiger partial charge in [0.15, 0.2) is 0 Å². The van der Waals surface area contributed by atoms with Gasteiger partial charge < -0.3 is 20.9 Å². The lowest BCUT2D eigenvalue weighted by Gasteiger charge is -2.34. The van der Waals surface area contributed by atoms with Crippen molar-refractivity contribution in [2.45, 2.75) is 19.3 Å². The highest BCUT2D eigenvalue weighted by molar-refractivity contribution is 6.08. The Morgan fingerprint density at radius 1 is 1.07 bits per heavy atom. The van der Waals surface area contributed by atoms with Gasteiger partial charge in [0.05, 0.1) is 0 Å². The number of fused-ring (bicyclic) bond motifs is 1. The van der Waals surface area contributed by atoms with Gasteiger partial charge in [0.1, 0.15) is 0 Å². The van der Waals surface area contributed by atoms with Crippen LogP contribution < -0.4 is 10.6 Å². The molecule has 29 heavy (non-hydrogen) atoms. The monoisotopic (exact) mass is 388 g/mol. The minimum absolute atomic E-state index is 0.151. The molecule has 0 aliphatic carbocycles. The van der Waals surface area contributed by atoms with Gasteiger partial charge in [-0.15, -0.1) is 0 Å². The van der Waals surface area contributed by atoms with Crippen molar-refractivity contribution < 1.29 is 4.79 Å². The van der Waals surface area contributed by atoms with E-state index in [2.05, 4.69) is 23.1 Å². The molecule has 0 atom stereocenters. The third-order valence-corrected chi connectivity index (χ3v) is 6.14. The summed E-state index contributed by atoms with van der Waals surface area (Å²) in [6, 6.07) is 16.0. The number of hydrogen-bond acceptors (Lipinski definition) is 4. The van der Waals surface area contributed by atoms with Crippen molar-refractivity contribution in [2.24, 2.45) is 11.7 Å². The molecule has 0 bridgehead atoms. The summed E-state index contributed by atoms with van der Waals surface area (Å²) in [5.74, 6) is 0.764. The molecule has 1 fully saturated rings. The van der Waals surface area contributed by atoms with E-state index < -0.39 is 0 Å². The van der Waals surface area contributed by atoms with E-state index in [4.69, 9.17) is 11.1 Å². The summed E-state index contributed by atoms with van der Waals surface area (Å²) in [4.78, 5) is 17.1. The van der Waals surface area contributed by atoms with Crippen molar-refractivity contribution in [3.8, 4) is 0 Å². The fraction of sp³-hybridized carbons (Fsp3) is 0.333. The highest BCUT2D eigenvalue weighted by Gasteiger charge is 2.27. The lowest BCUT2D eigenvalue weighted by Crippen LogP contribution is -2.41. The molecule has 5 heteroatoms. The number of nitrogens with zero attached hydrogens (tertiary/aromatic N) is 2. The number of rotatable bonds is 5. The van der Waals surface area contributed by atoms with Crippen molar-refractivity contribution in [3.05, 3.63) is 71.4 Å². The van der Waals surface area contributed by atoms with E-state index in [1.54, 1.807) is 0 Å². The standard InChI is InChI=1S/C24H28N4O/c25-15-22(16-26)20-6-7-23-21(14-20)10-13-28(23)17-18-8-11-27(12-9-18)24(29)19-4-2-1-3-5-19/h1-7,14-16,18,25H,8-13,17,26H2/b22-16+,25-15?. The Morgan fingerprint density at radius 2 is 1.83 bits per heavy atom. The summed E-state index contributed by atoms with van der Waals surface area (Å²) in [7, 11) is 0. The first-order valence-corrected chi connectivity index (χ1v) is 10.3. The first-order valence-electron chi connectivity index (χ1n) is 10.3. The molecular weight excluding hydrogens is 360 g/mol. The van der Waals surface area contributed by atoms with E-state index >= 15 is 0 Å². The van der Waals surface area contributed by atoms with Gasteiger partial charge >= 0.3 is 0 Å². The number of hydrogen-bond donors (Lipinski definition) is 2. The van der Waals surface area contributed by atoms with Crippen LogP contribution in [-0.4, -0.2) is 43.2 Å². The molecule has 2 aromatic carbocycles. The Labute approximate surface area is 172 Å². The zero-order chi connectivity index (χ0) is 20.2. The second-order valence-electron chi connectivity index (χ2n) is 7.91. The number of benzene rings is 2. The number of carbonyl (C=O) groups excluding carboxylic acids is 1. The normalized spacial score (nSPS) is 17.3. The Kier molecular flexibility index (Phi) is 5.65. The van der Waals surface area contributed by atoms with Gasteiger partial charge in [0.25, 0.3) is 5.91 Å². The maximum absolute atomic E-state index is 12.6.